The number of methoxy groups -OCH3 is 1. The topological polar surface area (TPSA) is 118 Å². The zero-order valence-corrected chi connectivity index (χ0v) is 15.2. The van der Waals surface area contributed by atoms with Crippen molar-refractivity contribution in [1.82, 2.24) is 10.1 Å². The molecule has 144 valence electrons. The van der Waals surface area contributed by atoms with Gasteiger partial charge in [-0.15, -0.1) is 0 Å². The summed E-state index contributed by atoms with van der Waals surface area (Å²) in [6.07, 6.45) is 0.925. The lowest BCUT2D eigenvalue weighted by Gasteiger charge is -2.07. The van der Waals surface area contributed by atoms with Gasteiger partial charge >= 0.3 is 5.97 Å². The van der Waals surface area contributed by atoms with E-state index < -0.39 is 10.9 Å². The number of carbonyl (C=O) groups is 1. The Labute approximate surface area is 160 Å². The van der Waals surface area contributed by atoms with Crippen molar-refractivity contribution >= 4 is 11.7 Å². The number of ether oxygens (including phenoxy) is 2. The lowest BCUT2D eigenvalue weighted by atomic mass is 10.1. The quantitative estimate of drug-likeness (QED) is 0.345. The van der Waals surface area contributed by atoms with Crippen LogP contribution in [0.1, 0.15) is 28.7 Å². The average Bonchev–Trinajstić information content (AvgIpc) is 3.20. The number of benzene rings is 2. The normalized spacial score (nSPS) is 10.5. The van der Waals surface area contributed by atoms with Gasteiger partial charge in [0.2, 0.25) is 5.82 Å². The molecule has 0 atom stereocenters. The molecule has 0 N–H and O–H groups in total. The van der Waals surface area contributed by atoms with E-state index in [1.807, 2.05) is 24.3 Å². The average molecular weight is 383 g/mol. The Morgan fingerprint density at radius 2 is 1.96 bits per heavy atom. The second-order valence-corrected chi connectivity index (χ2v) is 5.78. The molecule has 9 heteroatoms. The van der Waals surface area contributed by atoms with Crippen LogP contribution in [-0.2, 0) is 17.8 Å². The molecule has 0 unspecified atom stereocenters. The van der Waals surface area contributed by atoms with E-state index in [1.165, 1.54) is 24.8 Å². The van der Waals surface area contributed by atoms with E-state index >= 15 is 0 Å². The third-order valence-electron chi connectivity index (χ3n) is 4.03. The Hall–Kier alpha value is -3.75. The van der Waals surface area contributed by atoms with Gasteiger partial charge in [0.25, 0.3) is 11.6 Å². The zero-order valence-electron chi connectivity index (χ0n) is 15.2. The van der Waals surface area contributed by atoms with Crippen molar-refractivity contribution in [2.75, 3.05) is 7.11 Å². The Morgan fingerprint density at radius 3 is 2.61 bits per heavy atom. The van der Waals surface area contributed by atoms with Gasteiger partial charge in [-0.05, 0) is 18.1 Å². The van der Waals surface area contributed by atoms with Crippen LogP contribution >= 0.6 is 0 Å². The number of esters is 1. The molecule has 28 heavy (non-hydrogen) atoms. The van der Waals surface area contributed by atoms with Crippen molar-refractivity contribution in [3.05, 3.63) is 69.6 Å². The van der Waals surface area contributed by atoms with Gasteiger partial charge in [0.15, 0.2) is 6.61 Å². The molecule has 0 aliphatic carbocycles. The predicted molar refractivity (Wildman–Crippen MR) is 97.9 cm³/mol. The number of aryl methyl sites for hydroxylation is 1. The lowest BCUT2D eigenvalue weighted by Crippen LogP contribution is -2.08. The molecule has 0 aliphatic rings. The van der Waals surface area contributed by atoms with Crippen molar-refractivity contribution < 1.29 is 23.7 Å². The third kappa shape index (κ3) is 4.14. The Morgan fingerprint density at radius 1 is 1.21 bits per heavy atom. The summed E-state index contributed by atoms with van der Waals surface area (Å²) >= 11 is 0. The fourth-order valence-electron chi connectivity index (χ4n) is 2.49. The third-order valence-corrected chi connectivity index (χ3v) is 4.03. The van der Waals surface area contributed by atoms with Crippen LogP contribution in [0.2, 0.25) is 0 Å². The SMILES string of the molecule is CCc1ccc(-c2noc(COC(=O)c3cc([N+](=O)[O-])ccc3OC)n2)cc1. The van der Waals surface area contributed by atoms with Crippen LogP contribution in [-0.4, -0.2) is 28.1 Å². The number of nitro groups is 1. The predicted octanol–water partition coefficient (Wildman–Crippen LogP) is 3.57. The summed E-state index contributed by atoms with van der Waals surface area (Å²) < 4.78 is 15.3. The minimum atomic E-state index is -0.799. The molecule has 1 aromatic heterocycles. The van der Waals surface area contributed by atoms with Crippen molar-refractivity contribution in [3.63, 3.8) is 0 Å². The minimum absolute atomic E-state index is 0.0633. The first kappa shape index (κ1) is 19.0. The molecule has 0 saturated carbocycles. The molecule has 3 aromatic rings. The zero-order chi connectivity index (χ0) is 20.1. The van der Waals surface area contributed by atoms with Crippen molar-refractivity contribution in [1.29, 1.82) is 0 Å². The number of carbonyl (C=O) groups excluding carboxylic acids is 1. The lowest BCUT2D eigenvalue weighted by molar-refractivity contribution is -0.384. The fourth-order valence-corrected chi connectivity index (χ4v) is 2.49. The first-order valence-electron chi connectivity index (χ1n) is 8.43. The largest absolute Gasteiger partial charge is 0.496 e. The number of hydrogen-bond donors (Lipinski definition) is 0. The summed E-state index contributed by atoms with van der Waals surface area (Å²) in [5.74, 6) is -0.153. The number of hydrogen-bond acceptors (Lipinski definition) is 8. The van der Waals surface area contributed by atoms with E-state index in [2.05, 4.69) is 17.1 Å². The molecule has 2 aromatic carbocycles. The van der Waals surface area contributed by atoms with E-state index in [1.54, 1.807) is 0 Å². The highest BCUT2D eigenvalue weighted by atomic mass is 16.6. The summed E-state index contributed by atoms with van der Waals surface area (Å²) in [7, 11) is 1.35. The Bertz CT molecular complexity index is 997. The summed E-state index contributed by atoms with van der Waals surface area (Å²) in [6, 6.07) is 11.4. The smallest absolute Gasteiger partial charge is 0.342 e. The monoisotopic (exact) mass is 383 g/mol. The van der Waals surface area contributed by atoms with E-state index in [0.29, 0.717) is 5.82 Å². The van der Waals surface area contributed by atoms with E-state index in [-0.39, 0.29) is 29.5 Å². The van der Waals surface area contributed by atoms with Gasteiger partial charge in [-0.1, -0.05) is 36.3 Å². The summed E-state index contributed by atoms with van der Waals surface area (Å²) in [6.45, 7) is 1.79. The molecule has 0 spiro atoms. The van der Waals surface area contributed by atoms with Gasteiger partial charge < -0.3 is 14.0 Å². The molecule has 0 fully saturated rings. The summed E-state index contributed by atoms with van der Waals surface area (Å²) in [5, 5.41) is 14.8. The number of non-ortho nitro benzene ring substituents is 1. The molecule has 0 aliphatic heterocycles. The molecule has 1 heterocycles. The molecular formula is C19H17N3O6. The van der Waals surface area contributed by atoms with Crippen molar-refractivity contribution in [3.8, 4) is 17.1 Å². The van der Waals surface area contributed by atoms with Crippen molar-refractivity contribution in [2.45, 2.75) is 20.0 Å². The van der Waals surface area contributed by atoms with Crippen LogP contribution in [0.5, 0.6) is 5.75 Å². The highest BCUT2D eigenvalue weighted by molar-refractivity contribution is 5.93. The molecule has 9 nitrogen and oxygen atoms in total. The van der Waals surface area contributed by atoms with Crippen LogP contribution in [0, 0.1) is 10.1 Å². The number of rotatable bonds is 7. The summed E-state index contributed by atoms with van der Waals surface area (Å²) in [4.78, 5) is 26.8. The van der Waals surface area contributed by atoms with Gasteiger partial charge in [0, 0.05) is 17.7 Å². The maximum atomic E-state index is 12.3. The molecule has 0 saturated heterocycles. The molecule has 0 radical (unpaired) electrons. The van der Waals surface area contributed by atoms with Crippen LogP contribution in [0.15, 0.2) is 47.0 Å². The van der Waals surface area contributed by atoms with Crippen LogP contribution in [0.4, 0.5) is 5.69 Å². The first-order valence-corrected chi connectivity index (χ1v) is 8.43. The van der Waals surface area contributed by atoms with Crippen LogP contribution in [0.3, 0.4) is 0 Å². The Balaban J connectivity index is 1.70. The van der Waals surface area contributed by atoms with Crippen LogP contribution in [0.25, 0.3) is 11.4 Å². The number of nitro benzene ring substituents is 1. The summed E-state index contributed by atoms with van der Waals surface area (Å²) in [5.41, 5.74) is 1.65. The molecule has 3 rings (SSSR count). The second kappa shape index (κ2) is 8.30. The van der Waals surface area contributed by atoms with Gasteiger partial charge in [-0.25, -0.2) is 4.79 Å². The molecule has 0 bridgehead atoms. The number of nitrogens with zero attached hydrogens (tertiary/aromatic N) is 3. The fraction of sp³-hybridized carbons (Fsp3) is 0.211. The standard InChI is InChI=1S/C19H17N3O6/c1-3-12-4-6-13(7-5-12)18-20-17(28-21-18)11-27-19(23)15-10-14(22(24)25)8-9-16(15)26-2/h4-10H,3,11H2,1-2H3. The van der Waals surface area contributed by atoms with E-state index in [0.717, 1.165) is 18.1 Å². The van der Waals surface area contributed by atoms with Crippen LogP contribution < -0.4 is 4.74 Å². The van der Waals surface area contributed by atoms with Crippen molar-refractivity contribution in [2.24, 2.45) is 0 Å². The Kier molecular flexibility index (Phi) is 5.64. The van der Waals surface area contributed by atoms with E-state index in [9.17, 15) is 14.9 Å². The highest BCUT2D eigenvalue weighted by Gasteiger charge is 2.20. The van der Waals surface area contributed by atoms with E-state index in [4.69, 9.17) is 14.0 Å². The van der Waals surface area contributed by atoms with Gasteiger partial charge in [0.1, 0.15) is 11.3 Å². The number of aromatic nitrogens is 2. The second-order valence-electron chi connectivity index (χ2n) is 5.78. The molecule has 0 amide bonds. The maximum Gasteiger partial charge on any atom is 0.342 e. The minimum Gasteiger partial charge on any atom is -0.496 e. The van der Waals surface area contributed by atoms with Gasteiger partial charge in [0.05, 0.1) is 12.0 Å². The van der Waals surface area contributed by atoms with Gasteiger partial charge in [-0.3, -0.25) is 10.1 Å². The molecular weight excluding hydrogens is 366 g/mol. The van der Waals surface area contributed by atoms with Gasteiger partial charge in [-0.2, -0.15) is 4.98 Å². The highest BCUT2D eigenvalue weighted by Crippen LogP contribution is 2.25. The first-order chi connectivity index (χ1) is 13.5. The maximum absolute atomic E-state index is 12.3.